The molecule has 0 aliphatic rings. The molecule has 0 saturated carbocycles. The molecule has 1 amide bonds. The van der Waals surface area contributed by atoms with Gasteiger partial charge in [0.05, 0.1) is 31.2 Å². The van der Waals surface area contributed by atoms with Gasteiger partial charge in [0.1, 0.15) is 0 Å². The van der Waals surface area contributed by atoms with Gasteiger partial charge in [0, 0.05) is 19.2 Å². The molecule has 0 radical (unpaired) electrons. The second kappa shape index (κ2) is 8.08. The summed E-state index contributed by atoms with van der Waals surface area (Å²) in [6, 6.07) is 9.68. The first-order chi connectivity index (χ1) is 10.3. The maximum Gasteiger partial charge on any atom is 0.238 e. The number of carbonyl (C=O) groups is 1. The van der Waals surface area contributed by atoms with Gasteiger partial charge in [-0.1, -0.05) is 30.3 Å². The highest BCUT2D eigenvalue weighted by atomic mass is 16.5. The lowest BCUT2D eigenvalue weighted by Crippen LogP contribution is -2.30. The van der Waals surface area contributed by atoms with Crippen molar-refractivity contribution in [3.63, 3.8) is 0 Å². The van der Waals surface area contributed by atoms with Crippen LogP contribution in [0.25, 0.3) is 11.4 Å². The molecule has 0 fully saturated rings. The minimum Gasteiger partial charge on any atom is -0.383 e. The number of hydrogen-bond donors (Lipinski definition) is 2. The van der Waals surface area contributed by atoms with E-state index in [1.807, 2.05) is 30.3 Å². The molecule has 0 aliphatic carbocycles. The molecule has 1 heterocycles. The molecule has 0 bridgehead atoms. The Labute approximate surface area is 123 Å². The summed E-state index contributed by atoms with van der Waals surface area (Å²) < 4.78 is 4.88. The highest BCUT2D eigenvalue weighted by Crippen LogP contribution is 2.14. The molecule has 0 aliphatic heterocycles. The molecule has 2 N–H and O–H groups in total. The Morgan fingerprint density at radius 3 is 2.57 bits per heavy atom. The highest BCUT2D eigenvalue weighted by Gasteiger charge is 2.04. The van der Waals surface area contributed by atoms with Crippen molar-refractivity contribution in [2.24, 2.45) is 0 Å². The molecule has 2 aromatic rings. The lowest BCUT2D eigenvalue weighted by atomic mass is 10.2. The highest BCUT2D eigenvalue weighted by molar-refractivity contribution is 5.91. The van der Waals surface area contributed by atoms with Crippen molar-refractivity contribution in [1.82, 2.24) is 15.3 Å². The first-order valence-electron chi connectivity index (χ1n) is 6.66. The van der Waals surface area contributed by atoms with Gasteiger partial charge in [-0.05, 0) is 0 Å². The molecule has 21 heavy (non-hydrogen) atoms. The van der Waals surface area contributed by atoms with E-state index < -0.39 is 0 Å². The number of benzene rings is 1. The number of methoxy groups -OCH3 is 1. The monoisotopic (exact) mass is 286 g/mol. The van der Waals surface area contributed by atoms with Crippen LogP contribution in [0.15, 0.2) is 42.7 Å². The molecule has 0 saturated heterocycles. The third kappa shape index (κ3) is 4.94. The van der Waals surface area contributed by atoms with E-state index in [9.17, 15) is 4.79 Å². The summed E-state index contributed by atoms with van der Waals surface area (Å²) in [4.78, 5) is 20.2. The maximum atomic E-state index is 11.7. The fourth-order valence-electron chi connectivity index (χ4n) is 1.71. The van der Waals surface area contributed by atoms with E-state index in [0.29, 0.717) is 24.7 Å². The second-order valence-corrected chi connectivity index (χ2v) is 4.38. The van der Waals surface area contributed by atoms with Gasteiger partial charge in [0.25, 0.3) is 0 Å². The van der Waals surface area contributed by atoms with E-state index >= 15 is 0 Å². The predicted octanol–water partition coefficient (Wildman–Crippen LogP) is 1.32. The Kier molecular flexibility index (Phi) is 5.81. The zero-order chi connectivity index (χ0) is 14.9. The lowest BCUT2D eigenvalue weighted by molar-refractivity contribution is -0.115. The van der Waals surface area contributed by atoms with Gasteiger partial charge in [-0.3, -0.25) is 4.79 Å². The number of anilines is 1. The number of hydrogen-bond acceptors (Lipinski definition) is 5. The average molecular weight is 286 g/mol. The van der Waals surface area contributed by atoms with Crippen LogP contribution in [0.1, 0.15) is 0 Å². The first-order valence-corrected chi connectivity index (χ1v) is 6.66. The standard InChI is InChI=1S/C15H18N4O2/c1-21-8-7-16-11-14(20)19-13-9-17-15(18-10-13)12-5-3-2-4-6-12/h2-6,9-10,16H,7-8,11H2,1H3,(H,19,20). The molecule has 110 valence electrons. The van der Waals surface area contributed by atoms with Crippen molar-refractivity contribution in [1.29, 1.82) is 0 Å². The number of carbonyl (C=O) groups excluding carboxylic acids is 1. The van der Waals surface area contributed by atoms with Gasteiger partial charge in [0.2, 0.25) is 5.91 Å². The number of nitrogens with one attached hydrogen (secondary N) is 2. The number of rotatable bonds is 7. The van der Waals surface area contributed by atoms with Crippen LogP contribution in [0, 0.1) is 0 Å². The quantitative estimate of drug-likeness (QED) is 0.751. The van der Waals surface area contributed by atoms with Gasteiger partial charge in [-0.2, -0.15) is 0 Å². The summed E-state index contributed by atoms with van der Waals surface area (Å²) in [5.41, 5.74) is 1.52. The molecule has 6 nitrogen and oxygen atoms in total. The average Bonchev–Trinajstić information content (AvgIpc) is 2.53. The van der Waals surface area contributed by atoms with E-state index in [0.717, 1.165) is 5.56 Å². The van der Waals surface area contributed by atoms with Crippen LogP contribution in [0.4, 0.5) is 5.69 Å². The number of nitrogens with zero attached hydrogens (tertiary/aromatic N) is 2. The zero-order valence-corrected chi connectivity index (χ0v) is 11.9. The molecular formula is C15H18N4O2. The summed E-state index contributed by atoms with van der Waals surface area (Å²) >= 11 is 0. The van der Waals surface area contributed by atoms with Crippen LogP contribution in [0.2, 0.25) is 0 Å². The van der Waals surface area contributed by atoms with Crippen LogP contribution >= 0.6 is 0 Å². The van der Waals surface area contributed by atoms with Crippen LogP contribution in [-0.4, -0.2) is 42.7 Å². The molecule has 2 rings (SSSR count). The molecule has 1 aromatic heterocycles. The number of ether oxygens (including phenoxy) is 1. The van der Waals surface area contributed by atoms with Gasteiger partial charge in [-0.15, -0.1) is 0 Å². The second-order valence-electron chi connectivity index (χ2n) is 4.38. The Morgan fingerprint density at radius 1 is 1.19 bits per heavy atom. The minimum atomic E-state index is -0.137. The fraction of sp³-hybridized carbons (Fsp3) is 0.267. The van der Waals surface area contributed by atoms with Gasteiger partial charge in [-0.25, -0.2) is 9.97 Å². The van der Waals surface area contributed by atoms with Crippen molar-refractivity contribution >= 4 is 11.6 Å². The van der Waals surface area contributed by atoms with E-state index in [1.165, 1.54) is 0 Å². The van der Waals surface area contributed by atoms with Crippen molar-refractivity contribution in [2.45, 2.75) is 0 Å². The van der Waals surface area contributed by atoms with Gasteiger partial charge >= 0.3 is 0 Å². The third-order valence-electron chi connectivity index (χ3n) is 2.74. The van der Waals surface area contributed by atoms with Crippen molar-refractivity contribution < 1.29 is 9.53 Å². The van der Waals surface area contributed by atoms with Crippen molar-refractivity contribution in [3.05, 3.63) is 42.7 Å². The Bertz CT molecular complexity index is 558. The molecule has 1 aromatic carbocycles. The van der Waals surface area contributed by atoms with Crippen LogP contribution in [-0.2, 0) is 9.53 Å². The zero-order valence-electron chi connectivity index (χ0n) is 11.9. The third-order valence-corrected chi connectivity index (χ3v) is 2.74. The fourth-order valence-corrected chi connectivity index (χ4v) is 1.71. The molecule has 6 heteroatoms. The summed E-state index contributed by atoms with van der Waals surface area (Å²) in [5, 5.41) is 5.70. The summed E-state index contributed by atoms with van der Waals surface area (Å²) in [7, 11) is 1.62. The number of amides is 1. The largest absolute Gasteiger partial charge is 0.383 e. The minimum absolute atomic E-state index is 0.137. The topological polar surface area (TPSA) is 76.1 Å². The summed E-state index contributed by atoms with van der Waals surface area (Å²) in [5.74, 6) is 0.494. The number of aromatic nitrogens is 2. The molecular weight excluding hydrogens is 268 g/mol. The predicted molar refractivity (Wildman–Crippen MR) is 80.8 cm³/mol. The summed E-state index contributed by atoms with van der Waals surface area (Å²) in [6.07, 6.45) is 3.20. The van der Waals surface area contributed by atoms with Crippen molar-refractivity contribution in [2.75, 3.05) is 32.1 Å². The SMILES string of the molecule is COCCNCC(=O)Nc1cnc(-c2ccccc2)nc1. The van der Waals surface area contributed by atoms with E-state index in [-0.39, 0.29) is 12.5 Å². The first kappa shape index (κ1) is 15.1. The van der Waals surface area contributed by atoms with Crippen LogP contribution in [0.3, 0.4) is 0 Å². The van der Waals surface area contributed by atoms with E-state index in [1.54, 1.807) is 19.5 Å². The Balaban J connectivity index is 1.86. The lowest BCUT2D eigenvalue weighted by Gasteiger charge is -2.06. The van der Waals surface area contributed by atoms with Crippen molar-refractivity contribution in [3.8, 4) is 11.4 Å². The van der Waals surface area contributed by atoms with E-state index in [2.05, 4.69) is 20.6 Å². The van der Waals surface area contributed by atoms with Crippen LogP contribution in [0.5, 0.6) is 0 Å². The molecule has 0 unspecified atom stereocenters. The molecule has 0 atom stereocenters. The Hall–Kier alpha value is -2.31. The summed E-state index contributed by atoms with van der Waals surface area (Å²) in [6.45, 7) is 1.43. The van der Waals surface area contributed by atoms with Crippen LogP contribution < -0.4 is 10.6 Å². The van der Waals surface area contributed by atoms with Gasteiger partial charge in [0.15, 0.2) is 5.82 Å². The normalized spacial score (nSPS) is 10.3. The maximum absolute atomic E-state index is 11.7. The van der Waals surface area contributed by atoms with Gasteiger partial charge < -0.3 is 15.4 Å². The molecule has 0 spiro atoms. The van der Waals surface area contributed by atoms with E-state index in [4.69, 9.17) is 4.74 Å². The Morgan fingerprint density at radius 2 is 1.90 bits per heavy atom. The smallest absolute Gasteiger partial charge is 0.238 e.